The number of hydrogen-bond donors (Lipinski definition) is 0. The molecule has 110 valence electrons. The lowest BCUT2D eigenvalue weighted by molar-refractivity contribution is -0.143. The second-order valence-electron chi connectivity index (χ2n) is 3.87. The van der Waals surface area contributed by atoms with Crippen molar-refractivity contribution < 1.29 is 27.8 Å². The molecule has 0 aliphatic rings. The van der Waals surface area contributed by atoms with Gasteiger partial charge in [0.25, 0.3) is 5.91 Å². The fourth-order valence-corrected chi connectivity index (χ4v) is 1.50. The van der Waals surface area contributed by atoms with Crippen LogP contribution in [0.4, 0.5) is 8.78 Å². The highest BCUT2D eigenvalue weighted by Crippen LogP contribution is 2.16. The van der Waals surface area contributed by atoms with Gasteiger partial charge >= 0.3 is 12.6 Å². The van der Waals surface area contributed by atoms with Crippen molar-refractivity contribution in [2.75, 3.05) is 20.2 Å². The summed E-state index contributed by atoms with van der Waals surface area (Å²) in [6.07, 6.45) is 0. The van der Waals surface area contributed by atoms with Gasteiger partial charge in [-0.1, -0.05) is 6.07 Å². The van der Waals surface area contributed by atoms with E-state index in [-0.39, 0.29) is 24.5 Å². The van der Waals surface area contributed by atoms with E-state index in [1.165, 1.54) is 31.3 Å². The second kappa shape index (κ2) is 7.42. The molecule has 0 saturated heterocycles. The molecular weight excluding hydrogens is 272 g/mol. The average molecular weight is 287 g/mol. The number of halogens is 2. The van der Waals surface area contributed by atoms with Gasteiger partial charge in [0, 0.05) is 12.6 Å². The van der Waals surface area contributed by atoms with Crippen molar-refractivity contribution in [2.24, 2.45) is 0 Å². The third-order valence-electron chi connectivity index (χ3n) is 2.32. The molecule has 0 aliphatic carbocycles. The van der Waals surface area contributed by atoms with Crippen molar-refractivity contribution in [1.29, 1.82) is 0 Å². The lowest BCUT2D eigenvalue weighted by atomic mass is 10.2. The van der Waals surface area contributed by atoms with Gasteiger partial charge in [-0.2, -0.15) is 8.78 Å². The monoisotopic (exact) mass is 287 g/mol. The molecule has 0 radical (unpaired) electrons. The van der Waals surface area contributed by atoms with E-state index in [0.29, 0.717) is 0 Å². The van der Waals surface area contributed by atoms with Gasteiger partial charge in [0.1, 0.15) is 12.3 Å². The Labute approximate surface area is 115 Å². The first kappa shape index (κ1) is 15.9. The Bertz CT molecular complexity index is 479. The minimum Gasteiger partial charge on any atom is -0.465 e. The molecular formula is C13H15F2NO4. The number of esters is 1. The normalized spacial score (nSPS) is 10.2. The first-order valence-corrected chi connectivity index (χ1v) is 5.90. The van der Waals surface area contributed by atoms with Crippen LogP contribution in [0.2, 0.25) is 0 Å². The number of rotatable bonds is 6. The van der Waals surface area contributed by atoms with E-state index in [4.69, 9.17) is 4.74 Å². The zero-order chi connectivity index (χ0) is 15.1. The fourth-order valence-electron chi connectivity index (χ4n) is 1.50. The Balaban J connectivity index is 2.73. The fraction of sp³-hybridized carbons (Fsp3) is 0.385. The molecule has 1 rings (SSSR count). The molecule has 0 saturated carbocycles. The number of ether oxygens (including phenoxy) is 2. The van der Waals surface area contributed by atoms with Gasteiger partial charge < -0.3 is 14.4 Å². The molecule has 1 aromatic carbocycles. The van der Waals surface area contributed by atoms with Crippen LogP contribution in [-0.2, 0) is 9.53 Å². The van der Waals surface area contributed by atoms with Gasteiger partial charge in [-0.15, -0.1) is 0 Å². The minimum absolute atomic E-state index is 0.115. The van der Waals surface area contributed by atoms with E-state index in [9.17, 15) is 18.4 Å². The predicted octanol–water partition coefficient (Wildman–Crippen LogP) is 1.92. The quantitative estimate of drug-likeness (QED) is 0.750. The zero-order valence-corrected chi connectivity index (χ0v) is 11.1. The summed E-state index contributed by atoms with van der Waals surface area (Å²) < 4.78 is 33.1. The van der Waals surface area contributed by atoms with Crippen LogP contribution in [-0.4, -0.2) is 43.6 Å². The van der Waals surface area contributed by atoms with Gasteiger partial charge in [0.15, 0.2) is 0 Å². The Morgan fingerprint density at radius 3 is 2.65 bits per heavy atom. The highest BCUT2D eigenvalue weighted by Gasteiger charge is 2.16. The molecule has 0 heterocycles. The van der Waals surface area contributed by atoms with E-state index >= 15 is 0 Å². The van der Waals surface area contributed by atoms with Crippen LogP contribution in [0.25, 0.3) is 0 Å². The third kappa shape index (κ3) is 4.83. The smallest absolute Gasteiger partial charge is 0.387 e. The van der Waals surface area contributed by atoms with Crippen LogP contribution in [0.1, 0.15) is 17.3 Å². The Kier molecular flexibility index (Phi) is 5.89. The maximum Gasteiger partial charge on any atom is 0.387 e. The van der Waals surface area contributed by atoms with Crippen molar-refractivity contribution in [3.05, 3.63) is 29.8 Å². The van der Waals surface area contributed by atoms with Crippen LogP contribution in [0, 0.1) is 0 Å². The molecule has 5 nitrogen and oxygen atoms in total. The topological polar surface area (TPSA) is 55.8 Å². The summed E-state index contributed by atoms with van der Waals surface area (Å²) in [5, 5.41) is 0. The average Bonchev–Trinajstić information content (AvgIpc) is 2.37. The van der Waals surface area contributed by atoms with E-state index in [2.05, 4.69) is 4.74 Å². The van der Waals surface area contributed by atoms with Crippen molar-refractivity contribution in [2.45, 2.75) is 13.5 Å². The Morgan fingerprint density at radius 1 is 1.35 bits per heavy atom. The molecule has 1 aromatic rings. The largest absolute Gasteiger partial charge is 0.465 e. The first-order valence-electron chi connectivity index (χ1n) is 5.90. The van der Waals surface area contributed by atoms with Crippen LogP contribution in [0.5, 0.6) is 5.75 Å². The number of nitrogens with zero attached hydrogens (tertiary/aromatic N) is 1. The summed E-state index contributed by atoms with van der Waals surface area (Å²) in [5.74, 6) is -1.14. The van der Waals surface area contributed by atoms with Gasteiger partial charge in [0.2, 0.25) is 0 Å². The number of amides is 1. The van der Waals surface area contributed by atoms with E-state index in [1.54, 1.807) is 6.92 Å². The molecule has 0 aromatic heterocycles. The lowest BCUT2D eigenvalue weighted by Gasteiger charge is -2.16. The summed E-state index contributed by atoms with van der Waals surface area (Å²) in [6.45, 7) is -1.30. The summed E-state index contributed by atoms with van der Waals surface area (Å²) in [6, 6.07) is 5.37. The zero-order valence-electron chi connectivity index (χ0n) is 11.1. The highest BCUT2D eigenvalue weighted by atomic mass is 19.3. The van der Waals surface area contributed by atoms with Crippen molar-refractivity contribution in [3.8, 4) is 5.75 Å². The number of carbonyl (C=O) groups is 2. The maximum atomic E-state index is 12.1. The molecule has 0 unspecified atom stereocenters. The van der Waals surface area contributed by atoms with Gasteiger partial charge in [-0.25, -0.2) is 0 Å². The Morgan fingerprint density at radius 2 is 2.05 bits per heavy atom. The SMILES string of the molecule is CCOC(=O)CN(C)C(=O)c1cccc(OC(F)F)c1. The molecule has 0 aliphatic heterocycles. The van der Waals surface area contributed by atoms with E-state index in [1.807, 2.05) is 0 Å². The summed E-state index contributed by atoms with van der Waals surface area (Å²) in [4.78, 5) is 24.4. The number of carbonyl (C=O) groups excluding carboxylic acids is 2. The molecule has 1 amide bonds. The van der Waals surface area contributed by atoms with Crippen molar-refractivity contribution >= 4 is 11.9 Å². The minimum atomic E-state index is -2.96. The number of alkyl halides is 2. The molecule has 0 fully saturated rings. The van der Waals surface area contributed by atoms with Gasteiger partial charge in [0.05, 0.1) is 6.61 Å². The van der Waals surface area contributed by atoms with E-state index < -0.39 is 18.5 Å². The Hall–Kier alpha value is -2.18. The van der Waals surface area contributed by atoms with Gasteiger partial charge in [-0.3, -0.25) is 9.59 Å². The molecule has 0 atom stereocenters. The molecule has 20 heavy (non-hydrogen) atoms. The van der Waals surface area contributed by atoms with Crippen LogP contribution in [0.15, 0.2) is 24.3 Å². The van der Waals surface area contributed by atoms with Crippen LogP contribution in [0.3, 0.4) is 0 Å². The molecule has 0 spiro atoms. The van der Waals surface area contributed by atoms with Crippen LogP contribution >= 0.6 is 0 Å². The first-order chi connectivity index (χ1) is 9.43. The van der Waals surface area contributed by atoms with Crippen LogP contribution < -0.4 is 4.74 Å². The van der Waals surface area contributed by atoms with Crippen molar-refractivity contribution in [1.82, 2.24) is 4.90 Å². The predicted molar refractivity (Wildman–Crippen MR) is 66.7 cm³/mol. The number of benzene rings is 1. The molecule has 7 heteroatoms. The summed E-state index contributed by atoms with van der Waals surface area (Å²) >= 11 is 0. The van der Waals surface area contributed by atoms with Crippen molar-refractivity contribution in [3.63, 3.8) is 0 Å². The second-order valence-corrected chi connectivity index (χ2v) is 3.87. The van der Waals surface area contributed by atoms with E-state index in [0.717, 1.165) is 4.90 Å². The lowest BCUT2D eigenvalue weighted by Crippen LogP contribution is -2.33. The number of likely N-dealkylation sites (N-methyl/N-ethyl adjacent to an activating group) is 1. The molecule has 0 N–H and O–H groups in total. The van der Waals surface area contributed by atoms with Gasteiger partial charge in [-0.05, 0) is 25.1 Å². The number of hydrogen-bond acceptors (Lipinski definition) is 4. The molecule has 0 bridgehead atoms. The maximum absolute atomic E-state index is 12.1. The third-order valence-corrected chi connectivity index (χ3v) is 2.32. The standard InChI is InChI=1S/C13H15F2NO4/c1-3-19-11(17)8-16(2)12(18)9-5-4-6-10(7-9)20-13(14)15/h4-7,13H,3,8H2,1-2H3. The summed E-state index contributed by atoms with van der Waals surface area (Å²) in [5.41, 5.74) is 0.148. The summed E-state index contributed by atoms with van der Waals surface area (Å²) in [7, 11) is 1.42. The highest BCUT2D eigenvalue weighted by molar-refractivity contribution is 5.96.